The van der Waals surface area contributed by atoms with E-state index in [4.69, 9.17) is 10.00 Å². The van der Waals surface area contributed by atoms with E-state index in [1.165, 1.54) is 0 Å². The lowest BCUT2D eigenvalue weighted by Crippen LogP contribution is -2.37. The van der Waals surface area contributed by atoms with E-state index in [2.05, 4.69) is 11.4 Å². The summed E-state index contributed by atoms with van der Waals surface area (Å²) in [5.41, 5.74) is 1.80. The van der Waals surface area contributed by atoms with Crippen LogP contribution in [0.15, 0.2) is 24.3 Å². The van der Waals surface area contributed by atoms with Crippen LogP contribution in [0.2, 0.25) is 0 Å². The number of esters is 1. The van der Waals surface area contributed by atoms with Crippen LogP contribution in [-0.2, 0) is 16.0 Å². The minimum Gasteiger partial charge on any atom is -0.465 e. The molecular weight excluding hydrogens is 240 g/mol. The number of carbonyl (C=O) groups excluding carboxylic acids is 1. The van der Waals surface area contributed by atoms with E-state index in [1.807, 2.05) is 25.1 Å². The van der Waals surface area contributed by atoms with Gasteiger partial charge in [-0.15, -0.1) is 0 Å². The standard InChI is InChI=1S/C15H18N2O2/c1-2-19-15(18)14-7-6-13(17-14)9-11-4-3-5-12(8-11)10-16/h3-5,8,13-14,17H,2,6-7,9H2,1H3. The quantitative estimate of drug-likeness (QED) is 0.836. The highest BCUT2D eigenvalue weighted by atomic mass is 16.5. The summed E-state index contributed by atoms with van der Waals surface area (Å²) in [6.07, 6.45) is 2.62. The van der Waals surface area contributed by atoms with Gasteiger partial charge < -0.3 is 10.1 Å². The molecule has 1 aliphatic rings. The number of nitrogens with zero attached hydrogens (tertiary/aromatic N) is 1. The normalized spacial score (nSPS) is 21.9. The number of hydrogen-bond acceptors (Lipinski definition) is 4. The molecule has 4 nitrogen and oxygen atoms in total. The van der Waals surface area contributed by atoms with Crippen LogP contribution < -0.4 is 5.32 Å². The molecule has 1 aromatic rings. The lowest BCUT2D eigenvalue weighted by Gasteiger charge is -2.13. The maximum absolute atomic E-state index is 11.6. The summed E-state index contributed by atoms with van der Waals surface area (Å²) < 4.78 is 5.02. The third-order valence-electron chi connectivity index (χ3n) is 3.35. The Bertz CT molecular complexity index is 493. The van der Waals surface area contributed by atoms with Crippen molar-refractivity contribution in [2.75, 3.05) is 6.61 Å². The van der Waals surface area contributed by atoms with Crippen molar-refractivity contribution in [1.82, 2.24) is 5.32 Å². The molecule has 1 aliphatic heterocycles. The summed E-state index contributed by atoms with van der Waals surface area (Å²) in [7, 11) is 0. The molecule has 1 fully saturated rings. The fourth-order valence-electron chi connectivity index (χ4n) is 2.46. The summed E-state index contributed by atoms with van der Waals surface area (Å²) in [6.45, 7) is 2.24. The van der Waals surface area contributed by atoms with Gasteiger partial charge in [0.1, 0.15) is 6.04 Å². The minimum absolute atomic E-state index is 0.157. The fourth-order valence-corrected chi connectivity index (χ4v) is 2.46. The number of hydrogen-bond donors (Lipinski definition) is 1. The van der Waals surface area contributed by atoms with Crippen molar-refractivity contribution in [3.8, 4) is 6.07 Å². The zero-order valence-electron chi connectivity index (χ0n) is 11.1. The molecule has 1 aromatic carbocycles. The Hall–Kier alpha value is -1.86. The molecule has 2 unspecified atom stereocenters. The monoisotopic (exact) mass is 258 g/mol. The van der Waals surface area contributed by atoms with Crippen LogP contribution in [-0.4, -0.2) is 24.7 Å². The topological polar surface area (TPSA) is 62.1 Å². The minimum atomic E-state index is -0.177. The maximum atomic E-state index is 11.6. The van der Waals surface area contributed by atoms with Crippen molar-refractivity contribution < 1.29 is 9.53 Å². The Labute approximate surface area is 113 Å². The van der Waals surface area contributed by atoms with E-state index in [0.717, 1.165) is 24.8 Å². The Kier molecular flexibility index (Phi) is 4.53. The molecule has 1 N–H and O–H groups in total. The fraction of sp³-hybridized carbons (Fsp3) is 0.467. The molecular formula is C15H18N2O2. The van der Waals surface area contributed by atoms with Crippen LogP contribution in [0, 0.1) is 11.3 Å². The first-order valence-corrected chi connectivity index (χ1v) is 6.64. The van der Waals surface area contributed by atoms with Crippen LogP contribution in [0.4, 0.5) is 0 Å². The van der Waals surface area contributed by atoms with E-state index in [0.29, 0.717) is 12.2 Å². The van der Waals surface area contributed by atoms with Crippen molar-refractivity contribution in [2.45, 2.75) is 38.3 Å². The second kappa shape index (κ2) is 6.35. The second-order valence-corrected chi connectivity index (χ2v) is 4.76. The van der Waals surface area contributed by atoms with Gasteiger partial charge in [-0.05, 0) is 43.9 Å². The van der Waals surface area contributed by atoms with Gasteiger partial charge in [0.15, 0.2) is 0 Å². The van der Waals surface area contributed by atoms with E-state index in [9.17, 15) is 4.79 Å². The van der Waals surface area contributed by atoms with Crippen molar-refractivity contribution in [3.63, 3.8) is 0 Å². The number of carbonyl (C=O) groups is 1. The molecule has 1 saturated heterocycles. The van der Waals surface area contributed by atoms with Gasteiger partial charge in [0.2, 0.25) is 0 Å². The Balaban J connectivity index is 1.91. The molecule has 0 spiro atoms. The average molecular weight is 258 g/mol. The van der Waals surface area contributed by atoms with Gasteiger partial charge in [0.05, 0.1) is 18.2 Å². The molecule has 0 aromatic heterocycles. The van der Waals surface area contributed by atoms with Crippen molar-refractivity contribution in [2.24, 2.45) is 0 Å². The Morgan fingerprint density at radius 2 is 2.37 bits per heavy atom. The van der Waals surface area contributed by atoms with Crippen molar-refractivity contribution in [3.05, 3.63) is 35.4 Å². The first-order chi connectivity index (χ1) is 9.22. The molecule has 1 heterocycles. The van der Waals surface area contributed by atoms with Gasteiger partial charge in [-0.3, -0.25) is 4.79 Å². The molecule has 0 radical (unpaired) electrons. The van der Waals surface area contributed by atoms with Gasteiger partial charge in [-0.25, -0.2) is 0 Å². The van der Waals surface area contributed by atoms with Gasteiger partial charge in [0.25, 0.3) is 0 Å². The first kappa shape index (κ1) is 13.6. The predicted molar refractivity (Wildman–Crippen MR) is 71.4 cm³/mol. The van der Waals surface area contributed by atoms with E-state index >= 15 is 0 Å². The predicted octanol–water partition coefficient (Wildman–Crippen LogP) is 1.78. The SMILES string of the molecule is CCOC(=O)C1CCC(Cc2cccc(C#N)c2)N1. The highest BCUT2D eigenvalue weighted by molar-refractivity contribution is 5.76. The van der Waals surface area contributed by atoms with Crippen molar-refractivity contribution >= 4 is 5.97 Å². The summed E-state index contributed by atoms with van der Waals surface area (Å²) in [5.74, 6) is -0.157. The molecule has 0 amide bonds. The van der Waals surface area contributed by atoms with E-state index in [1.54, 1.807) is 6.07 Å². The third kappa shape index (κ3) is 3.55. The third-order valence-corrected chi connectivity index (χ3v) is 3.35. The Morgan fingerprint density at radius 3 is 3.11 bits per heavy atom. The number of nitriles is 1. The number of ether oxygens (including phenoxy) is 1. The lowest BCUT2D eigenvalue weighted by molar-refractivity contribution is -0.145. The number of nitrogens with one attached hydrogen (secondary N) is 1. The first-order valence-electron chi connectivity index (χ1n) is 6.64. The van der Waals surface area contributed by atoms with E-state index in [-0.39, 0.29) is 18.1 Å². The van der Waals surface area contributed by atoms with Crippen LogP contribution in [0.1, 0.15) is 30.9 Å². The smallest absolute Gasteiger partial charge is 0.323 e. The zero-order valence-corrected chi connectivity index (χ0v) is 11.1. The van der Waals surface area contributed by atoms with Gasteiger partial charge >= 0.3 is 5.97 Å². The molecule has 0 aliphatic carbocycles. The van der Waals surface area contributed by atoms with E-state index < -0.39 is 0 Å². The molecule has 2 atom stereocenters. The lowest BCUT2D eigenvalue weighted by atomic mass is 10.0. The van der Waals surface area contributed by atoms with Crippen LogP contribution in [0.5, 0.6) is 0 Å². The number of rotatable bonds is 4. The molecule has 4 heteroatoms. The summed E-state index contributed by atoms with van der Waals surface area (Å²) >= 11 is 0. The van der Waals surface area contributed by atoms with Gasteiger partial charge in [0, 0.05) is 6.04 Å². The summed E-state index contributed by atoms with van der Waals surface area (Å²) in [4.78, 5) is 11.6. The number of benzene rings is 1. The maximum Gasteiger partial charge on any atom is 0.323 e. The average Bonchev–Trinajstić information content (AvgIpc) is 2.88. The Morgan fingerprint density at radius 1 is 1.53 bits per heavy atom. The van der Waals surface area contributed by atoms with Crippen molar-refractivity contribution in [1.29, 1.82) is 5.26 Å². The summed E-state index contributed by atoms with van der Waals surface area (Å²) in [6, 6.07) is 9.85. The molecule has 0 bridgehead atoms. The largest absolute Gasteiger partial charge is 0.465 e. The van der Waals surface area contributed by atoms with Gasteiger partial charge in [-0.2, -0.15) is 5.26 Å². The van der Waals surface area contributed by atoms with Crippen LogP contribution in [0.25, 0.3) is 0 Å². The molecule has 2 rings (SSSR count). The highest BCUT2D eigenvalue weighted by Crippen LogP contribution is 2.18. The zero-order chi connectivity index (χ0) is 13.7. The molecule has 19 heavy (non-hydrogen) atoms. The van der Waals surface area contributed by atoms with Crippen LogP contribution >= 0.6 is 0 Å². The summed E-state index contributed by atoms with van der Waals surface area (Å²) in [5, 5.41) is 12.2. The molecule has 100 valence electrons. The highest BCUT2D eigenvalue weighted by Gasteiger charge is 2.29. The van der Waals surface area contributed by atoms with Gasteiger partial charge in [-0.1, -0.05) is 12.1 Å². The second-order valence-electron chi connectivity index (χ2n) is 4.76. The molecule has 0 saturated carbocycles. The van der Waals surface area contributed by atoms with Crippen LogP contribution in [0.3, 0.4) is 0 Å².